The Morgan fingerprint density at radius 3 is 2.14 bits per heavy atom. The van der Waals surface area contributed by atoms with E-state index in [0.717, 1.165) is 15.1 Å². The SMILES string of the molecule is O=C(CSc1ccc(N2C(=O)[C@H]3CC=CC[C@H]3C2=O)cc1)Nc1ccc(Br)cc1. The van der Waals surface area contributed by atoms with Crippen LogP contribution in [0.25, 0.3) is 0 Å². The monoisotopic (exact) mass is 470 g/mol. The van der Waals surface area contributed by atoms with Crippen LogP contribution in [-0.4, -0.2) is 23.5 Å². The number of amides is 3. The van der Waals surface area contributed by atoms with Crippen molar-refractivity contribution in [2.24, 2.45) is 11.8 Å². The number of imide groups is 1. The zero-order valence-corrected chi connectivity index (χ0v) is 17.9. The second-order valence-electron chi connectivity index (χ2n) is 7.01. The Balaban J connectivity index is 1.36. The molecule has 4 rings (SSSR count). The minimum Gasteiger partial charge on any atom is -0.325 e. The summed E-state index contributed by atoms with van der Waals surface area (Å²) in [7, 11) is 0. The smallest absolute Gasteiger partial charge is 0.238 e. The number of carbonyl (C=O) groups excluding carboxylic acids is 3. The molecule has 2 atom stereocenters. The van der Waals surface area contributed by atoms with E-state index < -0.39 is 0 Å². The Morgan fingerprint density at radius 1 is 0.966 bits per heavy atom. The lowest BCUT2D eigenvalue weighted by molar-refractivity contribution is -0.122. The Labute approximate surface area is 181 Å². The lowest BCUT2D eigenvalue weighted by Crippen LogP contribution is -2.30. The molecule has 5 nitrogen and oxygen atoms in total. The molecule has 2 aromatic rings. The molecular weight excluding hydrogens is 452 g/mol. The van der Waals surface area contributed by atoms with Crippen LogP contribution >= 0.6 is 27.7 Å². The Morgan fingerprint density at radius 2 is 1.55 bits per heavy atom. The fourth-order valence-corrected chi connectivity index (χ4v) is 4.59. The van der Waals surface area contributed by atoms with Crippen LogP contribution in [0.5, 0.6) is 0 Å². The van der Waals surface area contributed by atoms with E-state index in [2.05, 4.69) is 21.2 Å². The third-order valence-corrected chi connectivity index (χ3v) is 6.64. The summed E-state index contributed by atoms with van der Waals surface area (Å²) < 4.78 is 0.954. The Kier molecular flexibility index (Phi) is 5.87. The van der Waals surface area contributed by atoms with Crippen molar-refractivity contribution in [2.45, 2.75) is 17.7 Å². The fourth-order valence-electron chi connectivity index (χ4n) is 3.63. The van der Waals surface area contributed by atoms with Crippen molar-refractivity contribution in [3.63, 3.8) is 0 Å². The van der Waals surface area contributed by atoms with E-state index >= 15 is 0 Å². The van der Waals surface area contributed by atoms with Crippen molar-refractivity contribution in [1.29, 1.82) is 0 Å². The van der Waals surface area contributed by atoms with Gasteiger partial charge in [0, 0.05) is 15.1 Å². The summed E-state index contributed by atoms with van der Waals surface area (Å²) in [6, 6.07) is 14.6. The second-order valence-corrected chi connectivity index (χ2v) is 8.97. The zero-order chi connectivity index (χ0) is 20.4. The number of halogens is 1. The molecule has 2 aliphatic rings. The van der Waals surface area contributed by atoms with Crippen LogP contribution in [0.3, 0.4) is 0 Å². The molecule has 0 unspecified atom stereocenters. The largest absolute Gasteiger partial charge is 0.325 e. The van der Waals surface area contributed by atoms with E-state index in [1.165, 1.54) is 16.7 Å². The number of thioether (sulfide) groups is 1. The van der Waals surface area contributed by atoms with Crippen molar-refractivity contribution in [3.8, 4) is 0 Å². The highest BCUT2D eigenvalue weighted by Gasteiger charge is 2.47. The average Bonchev–Trinajstić information content (AvgIpc) is 2.99. The van der Waals surface area contributed by atoms with Crippen LogP contribution in [0.1, 0.15) is 12.8 Å². The van der Waals surface area contributed by atoms with E-state index in [1.807, 2.05) is 48.6 Å². The lowest BCUT2D eigenvalue weighted by atomic mass is 9.85. The normalized spacial score (nSPS) is 20.7. The number of allylic oxidation sites excluding steroid dienone is 2. The molecule has 2 aromatic carbocycles. The van der Waals surface area contributed by atoms with Gasteiger partial charge in [-0.25, -0.2) is 0 Å². The fraction of sp³-hybridized carbons (Fsp3) is 0.227. The first-order valence-electron chi connectivity index (χ1n) is 9.34. The number of carbonyl (C=O) groups is 3. The van der Waals surface area contributed by atoms with Crippen LogP contribution in [0, 0.1) is 11.8 Å². The van der Waals surface area contributed by atoms with Crippen molar-refractivity contribution in [2.75, 3.05) is 16.0 Å². The minimum atomic E-state index is -0.233. The molecule has 3 amide bonds. The molecule has 1 fully saturated rings. The maximum absolute atomic E-state index is 12.7. The van der Waals surface area contributed by atoms with Gasteiger partial charge in [-0.3, -0.25) is 19.3 Å². The third kappa shape index (κ3) is 4.31. The first-order chi connectivity index (χ1) is 14.0. The zero-order valence-electron chi connectivity index (χ0n) is 15.5. The predicted octanol–water partition coefficient (Wildman–Crippen LogP) is 4.64. The molecule has 1 heterocycles. The van der Waals surface area contributed by atoms with Gasteiger partial charge in [-0.1, -0.05) is 28.1 Å². The molecule has 1 saturated heterocycles. The molecule has 7 heteroatoms. The molecule has 0 bridgehead atoms. The molecule has 148 valence electrons. The number of nitrogens with zero attached hydrogens (tertiary/aromatic N) is 1. The average molecular weight is 471 g/mol. The highest BCUT2D eigenvalue weighted by molar-refractivity contribution is 9.10. The molecule has 0 aromatic heterocycles. The van der Waals surface area contributed by atoms with Crippen LogP contribution in [0.2, 0.25) is 0 Å². The number of nitrogens with one attached hydrogen (secondary N) is 1. The third-order valence-electron chi connectivity index (χ3n) is 5.10. The maximum atomic E-state index is 12.7. The van der Waals surface area contributed by atoms with Gasteiger partial charge in [0.2, 0.25) is 17.7 Å². The van der Waals surface area contributed by atoms with Crippen molar-refractivity contribution in [1.82, 2.24) is 0 Å². The number of benzene rings is 2. The highest BCUT2D eigenvalue weighted by Crippen LogP contribution is 2.38. The number of rotatable bonds is 5. The Hall–Kier alpha value is -2.38. The molecule has 1 aliphatic heterocycles. The van der Waals surface area contributed by atoms with Crippen LogP contribution in [0.4, 0.5) is 11.4 Å². The van der Waals surface area contributed by atoms with Gasteiger partial charge in [-0.05, 0) is 61.4 Å². The predicted molar refractivity (Wildman–Crippen MR) is 118 cm³/mol. The lowest BCUT2D eigenvalue weighted by Gasteiger charge is -2.15. The molecular formula is C22H19BrN2O3S. The van der Waals surface area contributed by atoms with Crippen LogP contribution < -0.4 is 10.2 Å². The molecule has 29 heavy (non-hydrogen) atoms. The van der Waals surface area contributed by atoms with Gasteiger partial charge in [0.25, 0.3) is 0 Å². The minimum absolute atomic E-state index is 0.0946. The number of hydrogen-bond donors (Lipinski definition) is 1. The maximum Gasteiger partial charge on any atom is 0.238 e. The van der Waals surface area contributed by atoms with Gasteiger partial charge in [-0.15, -0.1) is 11.8 Å². The van der Waals surface area contributed by atoms with Gasteiger partial charge < -0.3 is 5.32 Å². The second kappa shape index (κ2) is 8.55. The summed E-state index contributed by atoms with van der Waals surface area (Å²) in [5, 5.41) is 2.85. The van der Waals surface area contributed by atoms with E-state index in [0.29, 0.717) is 18.5 Å². The summed E-state index contributed by atoms with van der Waals surface area (Å²) in [5.41, 5.74) is 1.34. The summed E-state index contributed by atoms with van der Waals surface area (Å²) in [6.07, 6.45) is 5.23. The van der Waals surface area contributed by atoms with Gasteiger partial charge >= 0.3 is 0 Å². The standard InChI is InChI=1S/C22H19BrN2O3S/c23-14-5-7-15(8-6-14)24-20(26)13-29-17-11-9-16(10-12-17)25-21(27)18-3-1-2-4-19(18)22(25)28/h1-2,5-12,18-19H,3-4,13H2,(H,24,26)/t18-,19+. The highest BCUT2D eigenvalue weighted by atomic mass is 79.9. The quantitative estimate of drug-likeness (QED) is 0.392. The van der Waals surface area contributed by atoms with E-state index in [9.17, 15) is 14.4 Å². The van der Waals surface area contributed by atoms with Crippen molar-refractivity contribution >= 4 is 56.8 Å². The molecule has 0 saturated carbocycles. The first-order valence-corrected chi connectivity index (χ1v) is 11.1. The van der Waals surface area contributed by atoms with Crippen LogP contribution in [-0.2, 0) is 14.4 Å². The molecule has 0 spiro atoms. The van der Waals surface area contributed by atoms with E-state index in [-0.39, 0.29) is 35.3 Å². The summed E-state index contributed by atoms with van der Waals surface area (Å²) in [4.78, 5) is 39.7. The van der Waals surface area contributed by atoms with Crippen LogP contribution in [0.15, 0.2) is 70.1 Å². The first kappa shape index (κ1) is 19.9. The summed E-state index contributed by atoms with van der Waals surface area (Å²) in [5.74, 6) is -0.514. The van der Waals surface area contributed by atoms with Gasteiger partial charge in [-0.2, -0.15) is 0 Å². The van der Waals surface area contributed by atoms with Gasteiger partial charge in [0.15, 0.2) is 0 Å². The summed E-state index contributed by atoms with van der Waals surface area (Å²) in [6.45, 7) is 0. The number of hydrogen-bond acceptors (Lipinski definition) is 4. The number of anilines is 2. The number of fused-ring (bicyclic) bond motifs is 1. The Bertz CT molecular complexity index is 947. The van der Waals surface area contributed by atoms with Gasteiger partial charge in [0.1, 0.15) is 0 Å². The summed E-state index contributed by atoms with van der Waals surface area (Å²) >= 11 is 4.77. The van der Waals surface area contributed by atoms with Crippen molar-refractivity contribution < 1.29 is 14.4 Å². The van der Waals surface area contributed by atoms with Gasteiger partial charge in [0.05, 0.1) is 23.3 Å². The van der Waals surface area contributed by atoms with E-state index in [1.54, 1.807) is 12.1 Å². The molecule has 0 radical (unpaired) electrons. The van der Waals surface area contributed by atoms with E-state index in [4.69, 9.17) is 0 Å². The van der Waals surface area contributed by atoms with Crippen molar-refractivity contribution in [3.05, 3.63) is 65.2 Å². The topological polar surface area (TPSA) is 66.5 Å². The molecule has 1 aliphatic carbocycles. The molecule has 1 N–H and O–H groups in total.